The number of urea groups is 1. The Labute approximate surface area is 213 Å². The third-order valence-corrected chi connectivity index (χ3v) is 7.67. The molecule has 7 nitrogen and oxygen atoms in total. The van der Waals surface area contributed by atoms with Gasteiger partial charge in [-0.2, -0.15) is 10.2 Å². The van der Waals surface area contributed by atoms with Crippen molar-refractivity contribution in [3.63, 3.8) is 0 Å². The normalized spacial score (nSPS) is 21.8. The van der Waals surface area contributed by atoms with Gasteiger partial charge in [0.05, 0.1) is 29.7 Å². The van der Waals surface area contributed by atoms with Gasteiger partial charge >= 0.3 is 6.03 Å². The maximum atomic E-state index is 13.6. The monoisotopic (exact) mass is 497 g/mol. The van der Waals surface area contributed by atoms with Gasteiger partial charge in [0.1, 0.15) is 0 Å². The Morgan fingerprint density at radius 1 is 1.03 bits per heavy atom. The van der Waals surface area contributed by atoms with Crippen molar-refractivity contribution in [2.75, 3.05) is 4.90 Å². The van der Waals surface area contributed by atoms with Crippen LogP contribution in [0.25, 0.3) is 21.9 Å². The van der Waals surface area contributed by atoms with Crippen LogP contribution in [0.5, 0.6) is 0 Å². The number of carbonyl (C=O) groups is 2. The highest BCUT2D eigenvalue weighted by Crippen LogP contribution is 2.45. The van der Waals surface area contributed by atoms with Crippen molar-refractivity contribution < 1.29 is 9.59 Å². The lowest BCUT2D eigenvalue weighted by atomic mass is 9.73. The van der Waals surface area contributed by atoms with Crippen LogP contribution in [0, 0.1) is 12.8 Å². The van der Waals surface area contributed by atoms with Gasteiger partial charge in [-0.1, -0.05) is 48.0 Å². The first kappa shape index (κ1) is 22.6. The van der Waals surface area contributed by atoms with E-state index in [2.05, 4.69) is 20.5 Å². The van der Waals surface area contributed by atoms with E-state index in [1.54, 1.807) is 18.6 Å². The predicted octanol–water partition coefficient (Wildman–Crippen LogP) is 5.66. The standard InChI is InChI=1S/C28H24ClN5O2/c1-16-11-19(14-31-33-16)21-7-4-8-23(29)26(21)17-9-10-22-24(12-17)32-28(36)34(27(22)35)25-15-30-13-18-5-2-3-6-20(18)25/h2-8,11,13-15,17,22,24H,9-10,12H2,1H3,(H,32,36). The first-order valence-electron chi connectivity index (χ1n) is 12.1. The van der Waals surface area contributed by atoms with Crippen molar-refractivity contribution in [2.45, 2.75) is 38.1 Å². The Bertz CT molecular complexity index is 1500. The molecule has 1 N–H and O–H groups in total. The summed E-state index contributed by atoms with van der Waals surface area (Å²) < 4.78 is 0. The molecule has 0 bridgehead atoms. The van der Waals surface area contributed by atoms with E-state index in [0.29, 0.717) is 23.6 Å². The molecule has 180 valence electrons. The van der Waals surface area contributed by atoms with Crippen LogP contribution in [-0.2, 0) is 4.79 Å². The average molecular weight is 498 g/mol. The molecule has 1 aliphatic heterocycles. The number of aryl methyl sites for hydroxylation is 1. The Balaban J connectivity index is 1.31. The third kappa shape index (κ3) is 3.80. The van der Waals surface area contributed by atoms with Gasteiger partial charge in [-0.15, -0.1) is 0 Å². The van der Waals surface area contributed by atoms with Crippen molar-refractivity contribution in [2.24, 2.45) is 5.92 Å². The van der Waals surface area contributed by atoms with Gasteiger partial charge in [0.15, 0.2) is 0 Å². The number of hydrogen-bond donors (Lipinski definition) is 1. The summed E-state index contributed by atoms with van der Waals surface area (Å²) in [7, 11) is 0. The molecule has 8 heteroatoms. The number of rotatable bonds is 3. The van der Waals surface area contributed by atoms with E-state index in [4.69, 9.17) is 11.6 Å². The molecule has 4 aromatic rings. The minimum absolute atomic E-state index is 0.0993. The number of imide groups is 1. The number of benzene rings is 2. The van der Waals surface area contributed by atoms with Crippen LogP contribution in [0.3, 0.4) is 0 Å². The maximum absolute atomic E-state index is 13.6. The number of carbonyl (C=O) groups excluding carboxylic acids is 2. The summed E-state index contributed by atoms with van der Waals surface area (Å²) in [5.41, 5.74) is 4.36. The van der Waals surface area contributed by atoms with E-state index in [-0.39, 0.29) is 23.8 Å². The minimum Gasteiger partial charge on any atom is -0.334 e. The first-order valence-corrected chi connectivity index (χ1v) is 12.4. The van der Waals surface area contributed by atoms with Gasteiger partial charge in [-0.3, -0.25) is 9.78 Å². The van der Waals surface area contributed by atoms with Gasteiger partial charge in [-0.25, -0.2) is 9.69 Å². The van der Waals surface area contributed by atoms with Crippen molar-refractivity contribution >= 4 is 40.0 Å². The molecule has 1 aliphatic carbocycles. The Kier molecular flexibility index (Phi) is 5.64. The number of fused-ring (bicyclic) bond motifs is 2. The number of nitrogens with zero attached hydrogens (tertiary/aromatic N) is 4. The summed E-state index contributed by atoms with van der Waals surface area (Å²) in [6, 6.07) is 14.8. The number of amides is 3. The highest BCUT2D eigenvalue weighted by molar-refractivity contribution is 6.32. The Morgan fingerprint density at radius 3 is 2.75 bits per heavy atom. The second-order valence-corrected chi connectivity index (χ2v) is 9.92. The first-order chi connectivity index (χ1) is 17.5. The quantitative estimate of drug-likeness (QED) is 0.394. The number of anilines is 1. The highest BCUT2D eigenvalue weighted by Gasteiger charge is 2.46. The molecular weight excluding hydrogens is 474 g/mol. The number of halogens is 1. The fourth-order valence-corrected chi connectivity index (χ4v) is 6.04. The van der Waals surface area contributed by atoms with Crippen molar-refractivity contribution in [3.05, 3.63) is 83.4 Å². The number of hydrogen-bond acceptors (Lipinski definition) is 5. The Hall–Kier alpha value is -3.84. The molecular formula is C28H24ClN5O2. The highest BCUT2D eigenvalue weighted by atomic mass is 35.5. The summed E-state index contributed by atoms with van der Waals surface area (Å²) in [6.45, 7) is 1.91. The van der Waals surface area contributed by atoms with Crippen LogP contribution in [0.15, 0.2) is 67.1 Å². The lowest BCUT2D eigenvalue weighted by molar-refractivity contribution is -0.124. The Morgan fingerprint density at radius 2 is 1.89 bits per heavy atom. The van der Waals surface area contributed by atoms with Crippen molar-refractivity contribution in [3.8, 4) is 11.1 Å². The molecule has 3 amide bonds. The molecule has 2 aromatic heterocycles. The molecule has 3 unspecified atom stereocenters. The average Bonchev–Trinajstić information content (AvgIpc) is 2.88. The number of pyridine rings is 1. The summed E-state index contributed by atoms with van der Waals surface area (Å²) in [5, 5.41) is 13.7. The molecule has 36 heavy (non-hydrogen) atoms. The van der Waals surface area contributed by atoms with Gasteiger partial charge in [0.2, 0.25) is 5.91 Å². The van der Waals surface area contributed by atoms with E-state index < -0.39 is 6.03 Å². The van der Waals surface area contributed by atoms with Crippen LogP contribution in [-0.4, -0.2) is 33.2 Å². The van der Waals surface area contributed by atoms with E-state index in [1.165, 1.54) is 4.90 Å². The van der Waals surface area contributed by atoms with Crippen LogP contribution in [0.4, 0.5) is 10.5 Å². The predicted molar refractivity (Wildman–Crippen MR) is 139 cm³/mol. The molecule has 6 rings (SSSR count). The number of nitrogens with one attached hydrogen (secondary N) is 1. The van der Waals surface area contributed by atoms with E-state index in [1.807, 2.05) is 55.5 Å². The lowest BCUT2D eigenvalue weighted by Crippen LogP contribution is -2.61. The summed E-state index contributed by atoms with van der Waals surface area (Å²) >= 11 is 6.74. The largest absolute Gasteiger partial charge is 0.334 e. The van der Waals surface area contributed by atoms with E-state index in [0.717, 1.165) is 39.6 Å². The molecule has 1 saturated carbocycles. The molecule has 0 spiro atoms. The lowest BCUT2D eigenvalue weighted by Gasteiger charge is -2.43. The van der Waals surface area contributed by atoms with Gasteiger partial charge in [0.25, 0.3) is 0 Å². The molecule has 2 fully saturated rings. The van der Waals surface area contributed by atoms with Crippen LogP contribution in [0.1, 0.15) is 36.4 Å². The second-order valence-electron chi connectivity index (χ2n) is 9.51. The van der Waals surface area contributed by atoms with Gasteiger partial charge in [-0.05, 0) is 55.4 Å². The molecule has 1 saturated heterocycles. The maximum Gasteiger partial charge on any atom is 0.329 e. The molecule has 2 aliphatic rings. The van der Waals surface area contributed by atoms with Crippen LogP contribution >= 0.6 is 11.6 Å². The molecule has 3 atom stereocenters. The smallest absolute Gasteiger partial charge is 0.329 e. The van der Waals surface area contributed by atoms with Crippen LogP contribution in [0.2, 0.25) is 5.02 Å². The van der Waals surface area contributed by atoms with E-state index in [9.17, 15) is 9.59 Å². The fraction of sp³-hybridized carbons (Fsp3) is 0.250. The van der Waals surface area contributed by atoms with Crippen LogP contribution < -0.4 is 10.2 Å². The van der Waals surface area contributed by atoms with E-state index >= 15 is 0 Å². The summed E-state index contributed by atoms with van der Waals surface area (Å²) in [6.07, 6.45) is 7.15. The fourth-order valence-electron chi connectivity index (χ4n) is 5.71. The minimum atomic E-state index is -0.409. The zero-order valence-corrected chi connectivity index (χ0v) is 20.4. The van der Waals surface area contributed by atoms with Crippen molar-refractivity contribution in [1.82, 2.24) is 20.5 Å². The molecule has 2 aromatic carbocycles. The number of aromatic nitrogens is 3. The SMILES string of the molecule is Cc1cc(-c2cccc(Cl)c2C2CCC3C(=O)N(c4cncc5ccccc45)C(=O)NC3C2)cnn1. The molecule has 0 radical (unpaired) electrons. The van der Waals surface area contributed by atoms with Gasteiger partial charge < -0.3 is 5.32 Å². The third-order valence-electron chi connectivity index (χ3n) is 7.34. The van der Waals surface area contributed by atoms with Gasteiger partial charge in [0, 0.05) is 33.6 Å². The topological polar surface area (TPSA) is 88.1 Å². The summed E-state index contributed by atoms with van der Waals surface area (Å²) in [4.78, 5) is 32.4. The summed E-state index contributed by atoms with van der Waals surface area (Å²) in [5.74, 6) is -0.371. The second kappa shape index (κ2) is 8.99. The van der Waals surface area contributed by atoms with Crippen molar-refractivity contribution in [1.29, 1.82) is 0 Å². The zero-order chi connectivity index (χ0) is 24.8. The zero-order valence-electron chi connectivity index (χ0n) is 19.7. The molecule has 3 heterocycles.